The maximum absolute atomic E-state index is 12.7. The van der Waals surface area contributed by atoms with Gasteiger partial charge < -0.3 is 4.57 Å². The van der Waals surface area contributed by atoms with E-state index in [9.17, 15) is 8.42 Å². The van der Waals surface area contributed by atoms with Gasteiger partial charge in [0.15, 0.2) is 0 Å². The lowest BCUT2D eigenvalue weighted by molar-refractivity contribution is 0.514. The van der Waals surface area contributed by atoms with Gasteiger partial charge in [-0.25, -0.2) is 18.1 Å². The normalized spacial score (nSPS) is 11.8. The monoisotopic (exact) mass is 617 g/mol. The first-order valence-electron chi connectivity index (χ1n) is 14.4. The third kappa shape index (κ3) is 6.53. The molecule has 0 radical (unpaired) electrons. The molecule has 1 aromatic heterocycles. The predicted octanol–water partition coefficient (Wildman–Crippen LogP) is 7.59. The van der Waals surface area contributed by atoms with Gasteiger partial charge in [0, 0.05) is 24.2 Å². The fourth-order valence-electron chi connectivity index (χ4n) is 5.73. The highest BCUT2D eigenvalue weighted by atomic mass is 35.5. The first-order valence-corrected chi connectivity index (χ1v) is 16.4. The number of hydrogen-bond donors (Lipinski definition) is 1. The number of hydrogen-bond acceptors (Lipinski definition) is 3. The van der Waals surface area contributed by atoms with E-state index in [2.05, 4.69) is 88.3 Å². The highest BCUT2D eigenvalue weighted by Gasteiger charge is 2.38. The molecule has 0 amide bonds. The van der Waals surface area contributed by atoms with Crippen molar-refractivity contribution in [2.45, 2.75) is 24.3 Å². The lowest BCUT2D eigenvalue weighted by atomic mass is 9.77. The molecule has 0 atom stereocenters. The SMILES string of the molecule is O=S(=O)(Cc1ccc(Cl)cc1)NCc1cccc(Cc2cn(C(c3ccccc3)(c3ccccc3)c3ccccc3)cn2)c1. The number of halogens is 1. The van der Waals surface area contributed by atoms with Gasteiger partial charge in [0.25, 0.3) is 0 Å². The Kier molecular flexibility index (Phi) is 8.75. The van der Waals surface area contributed by atoms with Crippen molar-refractivity contribution >= 4 is 21.6 Å². The Morgan fingerprint density at radius 3 is 1.77 bits per heavy atom. The predicted molar refractivity (Wildman–Crippen MR) is 177 cm³/mol. The van der Waals surface area contributed by atoms with Crippen LogP contribution in [0.5, 0.6) is 0 Å². The molecule has 6 aromatic rings. The Bertz CT molecular complexity index is 1830. The van der Waals surface area contributed by atoms with Gasteiger partial charge in [-0.05, 0) is 45.5 Å². The van der Waals surface area contributed by atoms with Crippen LogP contribution in [0.4, 0.5) is 0 Å². The van der Waals surface area contributed by atoms with Gasteiger partial charge in [0.2, 0.25) is 10.0 Å². The first kappa shape index (κ1) is 29.6. The highest BCUT2D eigenvalue weighted by molar-refractivity contribution is 7.88. The van der Waals surface area contributed by atoms with Gasteiger partial charge in [-0.15, -0.1) is 0 Å². The maximum atomic E-state index is 12.7. The average Bonchev–Trinajstić information content (AvgIpc) is 3.52. The van der Waals surface area contributed by atoms with Crippen LogP contribution in [-0.2, 0) is 34.3 Å². The summed E-state index contributed by atoms with van der Waals surface area (Å²) in [5.74, 6) is -0.104. The van der Waals surface area contributed by atoms with E-state index >= 15 is 0 Å². The minimum atomic E-state index is -3.52. The van der Waals surface area contributed by atoms with Crippen molar-refractivity contribution in [3.05, 3.63) is 196 Å². The molecule has 0 fully saturated rings. The van der Waals surface area contributed by atoms with E-state index in [4.69, 9.17) is 16.6 Å². The summed E-state index contributed by atoms with van der Waals surface area (Å²) >= 11 is 5.93. The van der Waals surface area contributed by atoms with Gasteiger partial charge in [0.1, 0.15) is 5.54 Å². The molecule has 1 N–H and O–H groups in total. The van der Waals surface area contributed by atoms with Crippen molar-refractivity contribution in [1.82, 2.24) is 14.3 Å². The van der Waals surface area contributed by atoms with Crippen LogP contribution in [0.15, 0.2) is 152 Å². The molecular formula is C37H32ClN3O2S. The molecule has 5 aromatic carbocycles. The van der Waals surface area contributed by atoms with E-state index in [1.165, 1.54) is 0 Å². The molecular weight excluding hydrogens is 586 g/mol. The molecule has 0 saturated heterocycles. The Hall–Kier alpha value is -4.49. The van der Waals surface area contributed by atoms with Crippen LogP contribution in [0.25, 0.3) is 0 Å². The summed E-state index contributed by atoms with van der Waals surface area (Å²) in [6, 6.07) is 46.3. The minimum absolute atomic E-state index is 0.104. The zero-order valence-corrected chi connectivity index (χ0v) is 25.6. The molecule has 0 aliphatic carbocycles. The van der Waals surface area contributed by atoms with E-state index in [1.54, 1.807) is 24.3 Å². The van der Waals surface area contributed by atoms with E-state index in [0.717, 1.165) is 33.5 Å². The second-order valence-corrected chi connectivity index (χ2v) is 13.0. The van der Waals surface area contributed by atoms with Gasteiger partial charge in [-0.2, -0.15) is 0 Å². The average molecular weight is 618 g/mol. The summed E-state index contributed by atoms with van der Waals surface area (Å²) in [6.07, 6.45) is 4.64. The van der Waals surface area contributed by atoms with Crippen molar-refractivity contribution < 1.29 is 8.42 Å². The van der Waals surface area contributed by atoms with Gasteiger partial charge >= 0.3 is 0 Å². The third-order valence-electron chi connectivity index (χ3n) is 7.74. The number of rotatable bonds is 11. The highest BCUT2D eigenvalue weighted by Crippen LogP contribution is 2.40. The van der Waals surface area contributed by atoms with Crippen LogP contribution < -0.4 is 4.72 Å². The Morgan fingerprint density at radius 2 is 1.20 bits per heavy atom. The third-order valence-corrected chi connectivity index (χ3v) is 9.29. The molecule has 0 unspecified atom stereocenters. The quantitative estimate of drug-likeness (QED) is 0.152. The largest absolute Gasteiger partial charge is 0.319 e. The molecule has 7 heteroatoms. The number of imidazole rings is 1. The summed E-state index contributed by atoms with van der Waals surface area (Å²) in [5.41, 5.74) is 6.31. The second kappa shape index (κ2) is 13.0. The fraction of sp³-hybridized carbons (Fsp3) is 0.108. The summed E-state index contributed by atoms with van der Waals surface area (Å²) < 4.78 is 30.4. The van der Waals surface area contributed by atoms with E-state index in [0.29, 0.717) is 17.0 Å². The van der Waals surface area contributed by atoms with Crippen molar-refractivity contribution in [1.29, 1.82) is 0 Å². The van der Waals surface area contributed by atoms with Crippen LogP contribution in [0.2, 0.25) is 5.02 Å². The standard InChI is InChI=1S/C37H32ClN3O2S/c38-35-21-19-29(20-22-35)27-44(42,43)40-25-31-12-10-11-30(23-31)24-36-26-41(28-39-36)37(32-13-4-1-5-14-32,33-15-6-2-7-16-33)34-17-8-3-9-18-34/h1-23,26,28,40H,24-25,27H2. The summed E-state index contributed by atoms with van der Waals surface area (Å²) in [6.45, 7) is 0.206. The number of sulfonamides is 1. The Labute approximate surface area is 263 Å². The van der Waals surface area contributed by atoms with E-state index in [-0.39, 0.29) is 12.3 Å². The molecule has 0 aliphatic rings. The molecule has 6 rings (SSSR count). The molecule has 0 spiro atoms. The lowest BCUT2D eigenvalue weighted by Gasteiger charge is -2.37. The van der Waals surface area contributed by atoms with Crippen LogP contribution in [0.1, 0.15) is 39.1 Å². The van der Waals surface area contributed by atoms with Gasteiger partial charge in [0.05, 0.1) is 17.8 Å². The topological polar surface area (TPSA) is 64.0 Å². The second-order valence-electron chi connectivity index (χ2n) is 10.8. The zero-order chi connectivity index (χ0) is 30.4. The number of aromatic nitrogens is 2. The fourth-order valence-corrected chi connectivity index (χ4v) is 6.97. The van der Waals surface area contributed by atoms with E-state index in [1.807, 2.05) is 48.8 Å². The Balaban J connectivity index is 1.27. The molecule has 0 bridgehead atoms. The smallest absolute Gasteiger partial charge is 0.216 e. The summed E-state index contributed by atoms with van der Waals surface area (Å²) in [7, 11) is -3.52. The van der Waals surface area contributed by atoms with Gasteiger partial charge in [-0.3, -0.25) is 0 Å². The molecule has 5 nitrogen and oxygen atoms in total. The molecule has 0 aliphatic heterocycles. The van der Waals surface area contributed by atoms with Crippen LogP contribution in [0, 0.1) is 0 Å². The lowest BCUT2D eigenvalue weighted by Crippen LogP contribution is -2.36. The van der Waals surface area contributed by atoms with Crippen LogP contribution in [-0.4, -0.2) is 18.0 Å². The zero-order valence-electron chi connectivity index (χ0n) is 24.1. The summed E-state index contributed by atoms with van der Waals surface area (Å²) in [4.78, 5) is 4.86. The minimum Gasteiger partial charge on any atom is -0.319 e. The van der Waals surface area contributed by atoms with E-state index < -0.39 is 15.6 Å². The number of nitrogens with one attached hydrogen (secondary N) is 1. The molecule has 1 heterocycles. The van der Waals surface area contributed by atoms with Gasteiger partial charge in [-0.1, -0.05) is 139 Å². The number of nitrogens with zero attached hydrogens (tertiary/aromatic N) is 2. The maximum Gasteiger partial charge on any atom is 0.216 e. The van der Waals surface area contributed by atoms with Crippen molar-refractivity contribution in [2.24, 2.45) is 0 Å². The van der Waals surface area contributed by atoms with Crippen LogP contribution in [0.3, 0.4) is 0 Å². The van der Waals surface area contributed by atoms with Crippen molar-refractivity contribution in [3.63, 3.8) is 0 Å². The number of benzene rings is 5. The van der Waals surface area contributed by atoms with Crippen molar-refractivity contribution in [2.75, 3.05) is 0 Å². The van der Waals surface area contributed by atoms with Crippen molar-refractivity contribution in [3.8, 4) is 0 Å². The van der Waals surface area contributed by atoms with Crippen LogP contribution >= 0.6 is 11.6 Å². The summed E-state index contributed by atoms with van der Waals surface area (Å²) in [5, 5.41) is 0.576. The molecule has 220 valence electrons. The molecule has 44 heavy (non-hydrogen) atoms. The first-order chi connectivity index (χ1) is 21.4. The molecule has 0 saturated carbocycles. The Morgan fingerprint density at radius 1 is 0.659 bits per heavy atom.